The Bertz CT molecular complexity index is 1450. The smallest absolute Gasteiger partial charge is 0.485 e. The molecule has 1 amide bonds. The van der Waals surface area contributed by atoms with Gasteiger partial charge in [0.25, 0.3) is 0 Å². The summed E-state index contributed by atoms with van der Waals surface area (Å²) in [4.78, 5) is 28.9. The maximum Gasteiger partial charge on any atom is 0.485 e. The van der Waals surface area contributed by atoms with Gasteiger partial charge in [-0.1, -0.05) is 6.07 Å². The molecule has 0 radical (unpaired) electrons. The molecule has 0 unspecified atom stereocenters. The summed E-state index contributed by atoms with van der Waals surface area (Å²) in [5, 5.41) is 11.2. The van der Waals surface area contributed by atoms with E-state index in [2.05, 4.69) is 20.5 Å². The third-order valence-corrected chi connectivity index (χ3v) is 5.51. The van der Waals surface area contributed by atoms with Crippen molar-refractivity contribution in [3.8, 4) is 22.6 Å². The molecule has 0 saturated carbocycles. The van der Waals surface area contributed by atoms with E-state index in [1.54, 1.807) is 31.3 Å². The lowest BCUT2D eigenvalue weighted by Gasteiger charge is -2.14. The molecule has 1 aliphatic heterocycles. The van der Waals surface area contributed by atoms with Gasteiger partial charge in [0.05, 0.1) is 18.8 Å². The highest BCUT2D eigenvalue weighted by Gasteiger charge is 2.37. The van der Waals surface area contributed by atoms with Crippen molar-refractivity contribution >= 4 is 27.9 Å². The van der Waals surface area contributed by atoms with Crippen LogP contribution >= 0.6 is 0 Å². The van der Waals surface area contributed by atoms with E-state index in [1.165, 1.54) is 21.8 Å². The molecule has 3 aromatic rings. The number of pyridine rings is 1. The van der Waals surface area contributed by atoms with Crippen molar-refractivity contribution < 1.29 is 49.6 Å². The highest BCUT2D eigenvalue weighted by molar-refractivity contribution is 7.86. The van der Waals surface area contributed by atoms with Gasteiger partial charge >= 0.3 is 17.6 Å². The summed E-state index contributed by atoms with van der Waals surface area (Å²) in [6, 6.07) is 7.81. The number of alkyl halides is 3. The zero-order chi connectivity index (χ0) is 29.0. The van der Waals surface area contributed by atoms with Gasteiger partial charge in [0.1, 0.15) is 18.1 Å². The number of amides is 1. The van der Waals surface area contributed by atoms with E-state index >= 15 is 0 Å². The number of hydrogen-bond acceptors (Lipinski definition) is 12. The minimum Gasteiger partial charge on any atom is -0.741 e. The molecule has 210 valence electrons. The molecule has 1 aromatic carbocycles. The first kappa shape index (κ1) is 29.3. The van der Waals surface area contributed by atoms with Crippen LogP contribution in [0.4, 0.5) is 28.0 Å². The second-order valence-electron chi connectivity index (χ2n) is 7.63. The highest BCUT2D eigenvalue weighted by Crippen LogP contribution is 2.29. The van der Waals surface area contributed by atoms with Crippen LogP contribution in [0.2, 0.25) is 0 Å². The zero-order valence-electron chi connectivity index (χ0n) is 19.7. The number of tetrazole rings is 1. The van der Waals surface area contributed by atoms with Crippen LogP contribution in [-0.4, -0.2) is 81.5 Å². The van der Waals surface area contributed by atoms with Gasteiger partial charge < -0.3 is 19.8 Å². The number of esters is 1. The predicted octanol–water partition coefficient (Wildman–Crippen LogP) is 0.957. The fraction of sp³-hybridized carbons (Fsp3) is 0.300. The molecule has 3 heterocycles. The van der Waals surface area contributed by atoms with Crippen LogP contribution in [-0.2, 0) is 31.4 Å². The number of hydrogen-bond donors (Lipinski definition) is 1. The number of benzene rings is 1. The first-order valence-electron chi connectivity index (χ1n) is 10.6. The van der Waals surface area contributed by atoms with Crippen molar-refractivity contribution in [1.82, 2.24) is 25.2 Å². The van der Waals surface area contributed by atoms with E-state index in [4.69, 9.17) is 28.2 Å². The van der Waals surface area contributed by atoms with Gasteiger partial charge in [-0.2, -0.15) is 13.2 Å². The number of ether oxygens (including phenoxy) is 2. The van der Waals surface area contributed by atoms with E-state index < -0.39 is 39.6 Å². The van der Waals surface area contributed by atoms with Crippen molar-refractivity contribution in [2.45, 2.75) is 11.6 Å². The van der Waals surface area contributed by atoms with Crippen molar-refractivity contribution in [3.05, 3.63) is 42.3 Å². The van der Waals surface area contributed by atoms with E-state index in [1.807, 2.05) is 0 Å². The number of aromatic nitrogens is 5. The first-order valence-corrected chi connectivity index (χ1v) is 12.0. The minimum atomic E-state index is -6.09. The van der Waals surface area contributed by atoms with Gasteiger partial charge in [0, 0.05) is 24.4 Å². The van der Waals surface area contributed by atoms with E-state index in [0.717, 1.165) is 0 Å². The number of carbonyl (C=O) groups excluding carboxylic acids is 2. The number of halogens is 4. The third-order valence-electron chi connectivity index (χ3n) is 4.94. The Kier molecular flexibility index (Phi) is 8.77. The number of nitrogens with zero attached hydrogens (tertiary/aromatic N) is 6. The summed E-state index contributed by atoms with van der Waals surface area (Å²) in [5.41, 5.74) is 1.28. The summed E-state index contributed by atoms with van der Waals surface area (Å²) in [7, 11) is -4.40. The van der Waals surface area contributed by atoms with Crippen LogP contribution in [0.15, 0.2) is 36.5 Å². The zero-order valence-corrected chi connectivity index (χ0v) is 20.5. The van der Waals surface area contributed by atoms with E-state index in [9.17, 15) is 27.2 Å². The largest absolute Gasteiger partial charge is 0.741 e. The Morgan fingerprint density at radius 3 is 2.49 bits per heavy atom. The minimum absolute atomic E-state index is 0.113. The van der Waals surface area contributed by atoms with Crippen molar-refractivity contribution in [1.29, 1.82) is 0 Å². The molecule has 0 aliphatic carbocycles. The van der Waals surface area contributed by atoms with Crippen LogP contribution in [0, 0.1) is 5.82 Å². The maximum absolute atomic E-state index is 14.8. The van der Waals surface area contributed by atoms with Gasteiger partial charge in [0.15, 0.2) is 22.0 Å². The Hall–Kier alpha value is -4.23. The Labute approximate surface area is 217 Å². The SMILES string of the molecule is Cn1nnnc1-c1ccc(-c2ccc(N3C[C@H](COC(=O)CN)OC3=O)cc2F)cn1.O=S(=O)([O-])C(F)(F)F. The summed E-state index contributed by atoms with van der Waals surface area (Å²) in [6.45, 7) is -0.252. The number of cyclic esters (lactones) is 1. The van der Waals surface area contributed by atoms with Gasteiger partial charge in [-0.05, 0) is 34.7 Å². The molecule has 0 spiro atoms. The van der Waals surface area contributed by atoms with Crippen molar-refractivity contribution in [3.63, 3.8) is 0 Å². The van der Waals surface area contributed by atoms with Crippen LogP contribution in [0.5, 0.6) is 0 Å². The second-order valence-corrected chi connectivity index (χ2v) is 9.00. The average Bonchev–Trinajstić information content (AvgIpc) is 3.46. The van der Waals surface area contributed by atoms with Crippen LogP contribution < -0.4 is 10.6 Å². The Morgan fingerprint density at radius 2 is 1.97 bits per heavy atom. The first-order chi connectivity index (χ1) is 18.2. The van der Waals surface area contributed by atoms with Crippen molar-refractivity contribution in [2.75, 3.05) is 24.6 Å². The van der Waals surface area contributed by atoms with Crippen LogP contribution in [0.25, 0.3) is 22.6 Å². The predicted molar refractivity (Wildman–Crippen MR) is 121 cm³/mol. The second kappa shape index (κ2) is 11.7. The molecular weight excluding hydrogens is 558 g/mol. The van der Waals surface area contributed by atoms with Gasteiger partial charge in [0.2, 0.25) is 0 Å². The monoisotopic (exact) mass is 576 g/mol. The average molecular weight is 576 g/mol. The lowest BCUT2D eigenvalue weighted by Crippen LogP contribution is -2.28. The number of aryl methyl sites for hydroxylation is 1. The standard InChI is InChI=1S/C19H18FN7O4.CHF3O3S/c1-26-18(23-24-25-26)16-5-2-11(8-22-16)14-4-3-12(6-15(14)20)27-9-13(31-19(27)29)10-30-17(28)7-21;2-1(3,4)8(5,6)7/h2-6,8,13H,7,9-10,21H2,1H3;(H,5,6,7)/p-1/t13-;/m1./s1. The lowest BCUT2D eigenvalue weighted by atomic mass is 10.1. The summed E-state index contributed by atoms with van der Waals surface area (Å²) in [6.07, 6.45) is 0.218. The third kappa shape index (κ3) is 7.21. The summed E-state index contributed by atoms with van der Waals surface area (Å²) >= 11 is 0. The van der Waals surface area contributed by atoms with Gasteiger partial charge in [-0.3, -0.25) is 14.7 Å². The molecule has 39 heavy (non-hydrogen) atoms. The van der Waals surface area contributed by atoms with Crippen molar-refractivity contribution in [2.24, 2.45) is 12.8 Å². The summed E-state index contributed by atoms with van der Waals surface area (Å²) in [5.74, 6) is -0.639. The Balaban J connectivity index is 0.000000459. The van der Waals surface area contributed by atoms with Gasteiger partial charge in [-0.15, -0.1) is 5.10 Å². The van der Waals surface area contributed by atoms with Gasteiger partial charge in [-0.25, -0.2) is 22.3 Å². The molecule has 2 N–H and O–H groups in total. The quantitative estimate of drug-likeness (QED) is 0.189. The molecule has 1 fully saturated rings. The number of nitrogens with two attached hydrogens (primary N) is 1. The van der Waals surface area contributed by atoms with E-state index in [-0.39, 0.29) is 19.7 Å². The maximum atomic E-state index is 14.8. The summed E-state index contributed by atoms with van der Waals surface area (Å²) < 4.78 is 85.3. The molecule has 19 heteroatoms. The molecular formula is C20H18F4N7O7S-. The highest BCUT2D eigenvalue weighted by atomic mass is 32.2. The fourth-order valence-corrected chi connectivity index (χ4v) is 3.10. The normalized spacial score (nSPS) is 15.4. The molecule has 0 bridgehead atoms. The molecule has 1 saturated heterocycles. The molecule has 1 aliphatic rings. The topological polar surface area (TPSA) is 196 Å². The Morgan fingerprint density at radius 1 is 1.28 bits per heavy atom. The number of rotatable bonds is 6. The number of carbonyl (C=O) groups is 2. The lowest BCUT2D eigenvalue weighted by molar-refractivity contribution is -0.144. The molecule has 1 atom stereocenters. The number of anilines is 1. The van der Waals surface area contributed by atoms with E-state index in [0.29, 0.717) is 28.3 Å². The molecule has 14 nitrogen and oxygen atoms in total. The fourth-order valence-electron chi connectivity index (χ4n) is 3.10. The molecule has 2 aromatic heterocycles. The molecule has 4 rings (SSSR count). The van der Waals surface area contributed by atoms with Crippen LogP contribution in [0.3, 0.4) is 0 Å². The van der Waals surface area contributed by atoms with Crippen LogP contribution in [0.1, 0.15) is 0 Å².